The second-order valence-electron chi connectivity index (χ2n) is 4.08. The largest absolute Gasteiger partial charge is 3.00 e. The van der Waals surface area contributed by atoms with Crippen LogP contribution in [-0.4, -0.2) is 30.5 Å². The van der Waals surface area contributed by atoms with E-state index in [0.717, 1.165) is 20.4 Å². The van der Waals surface area contributed by atoms with Crippen LogP contribution in [0.2, 0.25) is 0 Å². The van der Waals surface area contributed by atoms with E-state index in [1.165, 1.54) is 0 Å². The number of ether oxygens (including phenoxy) is 1. The van der Waals surface area contributed by atoms with Gasteiger partial charge in [-0.3, -0.25) is 0 Å². The van der Waals surface area contributed by atoms with Crippen LogP contribution in [0.5, 0.6) is 0 Å². The molecule has 1 aromatic rings. The molecule has 1 amide bonds. The Kier molecular flexibility index (Phi) is 6.02. The van der Waals surface area contributed by atoms with E-state index in [1.807, 2.05) is 19.9 Å². The Hall–Kier alpha value is 0.284. The van der Waals surface area contributed by atoms with Crippen molar-refractivity contribution >= 4 is 34.4 Å². The molecule has 0 spiro atoms. The molecule has 1 atom stereocenters. The number of hydrogen-bond acceptors (Lipinski definition) is 3. The molecular formula is C12H13INO3Y+2. The van der Waals surface area contributed by atoms with Crippen molar-refractivity contribution in [3.05, 3.63) is 26.8 Å². The van der Waals surface area contributed by atoms with E-state index >= 15 is 0 Å². The number of aryl methyl sites for hydroxylation is 2. The summed E-state index contributed by atoms with van der Waals surface area (Å²) >= 11 is 2.22. The van der Waals surface area contributed by atoms with Gasteiger partial charge in [-0.25, -0.2) is 4.79 Å². The van der Waals surface area contributed by atoms with Gasteiger partial charge in [0.05, 0.1) is 13.2 Å². The molecular weight excluding hydrogens is 422 g/mol. The second kappa shape index (κ2) is 6.63. The summed E-state index contributed by atoms with van der Waals surface area (Å²) in [5, 5.41) is 9.00. The Labute approximate surface area is 145 Å². The summed E-state index contributed by atoms with van der Waals surface area (Å²) in [5.41, 5.74) is 2.80. The molecule has 1 heterocycles. The maximum Gasteiger partial charge on any atom is 3.00 e. The second-order valence-corrected chi connectivity index (χ2v) is 5.15. The first kappa shape index (κ1) is 16.3. The molecule has 1 aromatic carbocycles. The number of carbonyl (C=O) groups excluding carboxylic acids is 1. The van der Waals surface area contributed by atoms with Gasteiger partial charge in [0.1, 0.15) is 6.10 Å². The van der Waals surface area contributed by atoms with E-state index in [9.17, 15) is 4.79 Å². The van der Waals surface area contributed by atoms with Gasteiger partial charge >= 0.3 is 38.8 Å². The molecule has 1 saturated heterocycles. The summed E-state index contributed by atoms with van der Waals surface area (Å²) in [6.45, 7) is 4.14. The monoisotopic (exact) mass is 435 g/mol. The van der Waals surface area contributed by atoms with E-state index in [2.05, 4.69) is 28.7 Å². The quantitative estimate of drug-likeness (QED) is 0.572. The molecule has 1 N–H and O–H groups in total. The van der Waals surface area contributed by atoms with E-state index in [-0.39, 0.29) is 39.3 Å². The average Bonchev–Trinajstić information content (AvgIpc) is 2.65. The summed E-state index contributed by atoms with van der Waals surface area (Å²) in [5.74, 6) is 0. The molecule has 0 radical (unpaired) electrons. The molecule has 0 aliphatic carbocycles. The van der Waals surface area contributed by atoms with E-state index in [0.29, 0.717) is 6.54 Å². The Morgan fingerprint density at radius 1 is 1.61 bits per heavy atom. The third-order valence-corrected chi connectivity index (χ3v) is 3.87. The van der Waals surface area contributed by atoms with Crippen LogP contribution < -0.4 is 4.90 Å². The standard InChI is InChI=1S/C12H13INO3.Y/c1-7-4-11(8(2)3-10(7)13)14-5-9(6-15)17-12(14)16;/h4,9,15H,5-6H2,1-2H3;/q-1;+3. The SMILES string of the molecule is Cc1[c-]c(I)c(C)cc1N1CC(CO)OC1=O.[Y+3]. The van der Waals surface area contributed by atoms with E-state index < -0.39 is 12.2 Å². The minimum absolute atomic E-state index is 0. The van der Waals surface area contributed by atoms with Gasteiger partial charge in [-0.05, 0) is 0 Å². The van der Waals surface area contributed by atoms with Crippen molar-refractivity contribution < 1.29 is 47.3 Å². The fraction of sp³-hybridized carbons (Fsp3) is 0.417. The number of amides is 1. The maximum atomic E-state index is 11.7. The first-order valence-electron chi connectivity index (χ1n) is 5.31. The van der Waals surface area contributed by atoms with Crippen molar-refractivity contribution in [1.82, 2.24) is 0 Å². The molecule has 92 valence electrons. The van der Waals surface area contributed by atoms with Crippen LogP contribution >= 0.6 is 22.6 Å². The number of hydrogen-bond donors (Lipinski definition) is 1. The molecule has 6 heteroatoms. The number of carbonyl (C=O) groups is 1. The molecule has 18 heavy (non-hydrogen) atoms. The molecule has 4 nitrogen and oxygen atoms in total. The van der Waals surface area contributed by atoms with Crippen LogP contribution in [0.4, 0.5) is 10.5 Å². The summed E-state index contributed by atoms with van der Waals surface area (Å²) in [6, 6.07) is 5.17. The molecule has 1 unspecified atom stereocenters. The zero-order chi connectivity index (χ0) is 12.6. The molecule has 0 bridgehead atoms. The fourth-order valence-corrected chi connectivity index (χ4v) is 2.36. The topological polar surface area (TPSA) is 49.8 Å². The van der Waals surface area contributed by atoms with Crippen LogP contribution in [-0.2, 0) is 37.4 Å². The molecule has 0 saturated carbocycles. The van der Waals surface area contributed by atoms with Crippen molar-refractivity contribution in [3.8, 4) is 0 Å². The van der Waals surface area contributed by atoms with Crippen molar-refractivity contribution in [2.24, 2.45) is 0 Å². The van der Waals surface area contributed by atoms with Gasteiger partial charge in [-0.1, -0.05) is 45.7 Å². The van der Waals surface area contributed by atoms with Gasteiger partial charge < -0.3 is 14.7 Å². The Morgan fingerprint density at radius 2 is 2.28 bits per heavy atom. The van der Waals surface area contributed by atoms with Gasteiger partial charge in [0, 0.05) is 0 Å². The molecule has 1 aliphatic heterocycles. The van der Waals surface area contributed by atoms with Crippen LogP contribution in [0, 0.1) is 23.5 Å². The van der Waals surface area contributed by atoms with Gasteiger partial charge in [0.15, 0.2) is 0 Å². The zero-order valence-corrected chi connectivity index (χ0v) is 15.2. The van der Waals surface area contributed by atoms with Crippen LogP contribution in [0.3, 0.4) is 0 Å². The minimum atomic E-state index is -0.429. The summed E-state index contributed by atoms with van der Waals surface area (Å²) in [6.07, 6.45) is -0.831. The molecule has 1 aliphatic rings. The molecule has 2 rings (SSSR count). The van der Waals surface area contributed by atoms with Gasteiger partial charge in [-0.2, -0.15) is 6.07 Å². The van der Waals surface area contributed by atoms with Crippen LogP contribution in [0.25, 0.3) is 0 Å². The van der Waals surface area contributed by atoms with Gasteiger partial charge in [-0.15, -0.1) is 17.2 Å². The number of anilines is 1. The van der Waals surface area contributed by atoms with E-state index in [4.69, 9.17) is 9.84 Å². The summed E-state index contributed by atoms with van der Waals surface area (Å²) in [4.78, 5) is 13.2. The normalized spacial score (nSPS) is 18.6. The number of nitrogens with zero attached hydrogens (tertiary/aromatic N) is 1. The minimum Gasteiger partial charge on any atom is -0.442 e. The number of aliphatic hydroxyl groups is 1. The number of cyclic esters (lactones) is 1. The third kappa shape index (κ3) is 3.24. The summed E-state index contributed by atoms with van der Waals surface area (Å²) in [7, 11) is 0. The van der Waals surface area contributed by atoms with Crippen LogP contribution in [0.15, 0.2) is 6.07 Å². The van der Waals surface area contributed by atoms with E-state index in [1.54, 1.807) is 4.90 Å². The van der Waals surface area contributed by atoms with Crippen LogP contribution in [0.1, 0.15) is 11.1 Å². The molecule has 1 fully saturated rings. The predicted octanol–water partition coefficient (Wildman–Crippen LogP) is 2.02. The van der Waals surface area contributed by atoms with Gasteiger partial charge in [0.2, 0.25) is 0 Å². The summed E-state index contributed by atoms with van der Waals surface area (Å²) < 4.78 is 6.07. The average molecular weight is 435 g/mol. The van der Waals surface area contributed by atoms with Crippen molar-refractivity contribution in [2.45, 2.75) is 20.0 Å². The Balaban J connectivity index is 0.00000162. The number of halogens is 1. The number of rotatable bonds is 2. The van der Waals surface area contributed by atoms with Crippen molar-refractivity contribution in [1.29, 1.82) is 0 Å². The van der Waals surface area contributed by atoms with Crippen molar-refractivity contribution in [2.75, 3.05) is 18.1 Å². The number of benzene rings is 1. The first-order valence-corrected chi connectivity index (χ1v) is 6.39. The molecule has 0 aromatic heterocycles. The predicted molar refractivity (Wildman–Crippen MR) is 72.2 cm³/mol. The third-order valence-electron chi connectivity index (χ3n) is 2.75. The Bertz CT molecular complexity index is 467. The fourth-order valence-electron chi connectivity index (χ4n) is 1.80. The Morgan fingerprint density at radius 3 is 2.83 bits per heavy atom. The number of aliphatic hydroxyl groups excluding tert-OH is 1. The zero-order valence-electron chi connectivity index (χ0n) is 10.2. The maximum absolute atomic E-state index is 11.7. The van der Waals surface area contributed by atoms with Gasteiger partial charge in [0.25, 0.3) is 0 Å². The first-order chi connectivity index (χ1) is 8.02. The smallest absolute Gasteiger partial charge is 0.442 e. The van der Waals surface area contributed by atoms with Crippen molar-refractivity contribution in [3.63, 3.8) is 0 Å².